The molecule has 2 heterocycles. The molecule has 0 saturated heterocycles. The Hall–Kier alpha value is -3.63. The highest BCUT2D eigenvalue weighted by Gasteiger charge is 2.20. The molecule has 0 N–H and O–H groups in total. The van der Waals surface area contributed by atoms with Gasteiger partial charge >= 0.3 is 0 Å². The van der Waals surface area contributed by atoms with E-state index in [9.17, 15) is 4.79 Å². The molecule has 0 aliphatic heterocycles. The van der Waals surface area contributed by atoms with Crippen molar-refractivity contribution < 1.29 is 18.6 Å². The Balaban J connectivity index is 1.70. The minimum atomic E-state index is -0.334. The fourth-order valence-corrected chi connectivity index (χ4v) is 5.05. The topological polar surface area (TPSA) is 88.1 Å². The lowest BCUT2D eigenvalue weighted by molar-refractivity contribution is 0.222. The standard InChI is InChI=1S/C29H25Br2N3O5/c1-5-37-23-13-17(25(30)26(31)27(23)38-16(2)3)15-32-34-28(33-20-10-7-6-9-18(20)29(34)35)24-14-19-21(36-4)11-8-12-22(19)39-24/h6-16H,5H2,1-4H3. The maximum absolute atomic E-state index is 13.7. The van der Waals surface area contributed by atoms with Crippen LogP contribution in [0.5, 0.6) is 17.2 Å². The highest BCUT2D eigenvalue weighted by atomic mass is 79.9. The minimum Gasteiger partial charge on any atom is -0.496 e. The summed E-state index contributed by atoms with van der Waals surface area (Å²) in [5, 5.41) is 5.79. The van der Waals surface area contributed by atoms with Crippen LogP contribution in [-0.4, -0.2) is 35.7 Å². The number of hydrogen-bond donors (Lipinski definition) is 0. The van der Waals surface area contributed by atoms with Crippen LogP contribution in [0.25, 0.3) is 33.5 Å². The van der Waals surface area contributed by atoms with Crippen LogP contribution >= 0.6 is 31.9 Å². The molecule has 0 radical (unpaired) electrons. The van der Waals surface area contributed by atoms with Crippen LogP contribution in [0.2, 0.25) is 0 Å². The van der Waals surface area contributed by atoms with E-state index in [1.165, 1.54) is 4.68 Å². The van der Waals surface area contributed by atoms with Crippen molar-refractivity contribution in [2.75, 3.05) is 13.7 Å². The number of hydrogen-bond acceptors (Lipinski definition) is 7. The van der Waals surface area contributed by atoms with Gasteiger partial charge in [0.25, 0.3) is 5.56 Å². The predicted octanol–water partition coefficient (Wildman–Crippen LogP) is 7.41. The van der Waals surface area contributed by atoms with Crippen molar-refractivity contribution in [3.63, 3.8) is 0 Å². The minimum absolute atomic E-state index is 0.0563. The van der Waals surface area contributed by atoms with E-state index in [2.05, 4.69) is 37.0 Å². The zero-order chi connectivity index (χ0) is 27.7. The van der Waals surface area contributed by atoms with Crippen molar-refractivity contribution in [1.29, 1.82) is 0 Å². The van der Waals surface area contributed by atoms with Crippen molar-refractivity contribution in [3.05, 3.63) is 79.5 Å². The molecule has 0 aliphatic rings. The molecule has 0 saturated carbocycles. The normalized spacial score (nSPS) is 11.7. The van der Waals surface area contributed by atoms with Crippen LogP contribution in [0, 0.1) is 0 Å². The smallest absolute Gasteiger partial charge is 0.282 e. The largest absolute Gasteiger partial charge is 0.496 e. The van der Waals surface area contributed by atoms with Gasteiger partial charge in [-0.3, -0.25) is 4.79 Å². The highest BCUT2D eigenvalue weighted by molar-refractivity contribution is 9.13. The van der Waals surface area contributed by atoms with Crippen molar-refractivity contribution in [2.45, 2.75) is 26.9 Å². The molecule has 2 aromatic heterocycles. The van der Waals surface area contributed by atoms with E-state index in [0.717, 1.165) is 5.39 Å². The Morgan fingerprint density at radius 1 is 1.05 bits per heavy atom. The van der Waals surface area contributed by atoms with Crippen LogP contribution < -0.4 is 19.8 Å². The Bertz CT molecular complexity index is 1780. The fraction of sp³-hybridized carbons (Fsp3) is 0.207. The molecule has 0 amide bonds. The number of para-hydroxylation sites is 1. The van der Waals surface area contributed by atoms with E-state index in [0.29, 0.717) is 60.6 Å². The number of halogens is 2. The molecule has 0 aliphatic carbocycles. The molecule has 0 bridgehead atoms. The number of furan rings is 1. The van der Waals surface area contributed by atoms with Gasteiger partial charge in [0.1, 0.15) is 11.3 Å². The first-order chi connectivity index (χ1) is 18.8. The lowest BCUT2D eigenvalue weighted by Crippen LogP contribution is -2.20. The van der Waals surface area contributed by atoms with E-state index in [1.807, 2.05) is 51.1 Å². The molecule has 10 heteroatoms. The maximum Gasteiger partial charge on any atom is 0.282 e. The van der Waals surface area contributed by atoms with Gasteiger partial charge in [-0.25, -0.2) is 4.98 Å². The summed E-state index contributed by atoms with van der Waals surface area (Å²) in [7, 11) is 1.60. The lowest BCUT2D eigenvalue weighted by Gasteiger charge is -2.18. The summed E-state index contributed by atoms with van der Waals surface area (Å²) in [6, 6.07) is 16.3. The van der Waals surface area contributed by atoms with Crippen LogP contribution in [0.3, 0.4) is 0 Å². The van der Waals surface area contributed by atoms with Gasteiger partial charge in [0.05, 0.1) is 46.8 Å². The fourth-order valence-electron chi connectivity index (χ4n) is 4.14. The molecule has 0 atom stereocenters. The summed E-state index contributed by atoms with van der Waals surface area (Å²) in [5.74, 6) is 2.42. The van der Waals surface area contributed by atoms with Crippen molar-refractivity contribution in [1.82, 2.24) is 9.66 Å². The molecule has 200 valence electrons. The second kappa shape index (κ2) is 11.2. The van der Waals surface area contributed by atoms with Gasteiger partial charge in [0.15, 0.2) is 17.3 Å². The maximum atomic E-state index is 13.7. The number of benzene rings is 3. The predicted molar refractivity (Wildman–Crippen MR) is 160 cm³/mol. The van der Waals surface area contributed by atoms with Crippen molar-refractivity contribution in [3.8, 4) is 28.8 Å². The summed E-state index contributed by atoms with van der Waals surface area (Å²) < 4.78 is 26.0. The van der Waals surface area contributed by atoms with Gasteiger partial charge in [-0.15, -0.1) is 0 Å². The molecular formula is C29H25Br2N3O5. The molecule has 0 fully saturated rings. The number of ether oxygens (including phenoxy) is 3. The molecule has 0 spiro atoms. The quantitative estimate of drug-likeness (QED) is 0.162. The Morgan fingerprint density at radius 3 is 2.59 bits per heavy atom. The van der Waals surface area contributed by atoms with Crippen LogP contribution in [0.4, 0.5) is 0 Å². The second-order valence-electron chi connectivity index (χ2n) is 8.82. The summed E-state index contributed by atoms with van der Waals surface area (Å²) in [4.78, 5) is 18.4. The monoisotopic (exact) mass is 653 g/mol. The van der Waals surface area contributed by atoms with E-state index in [4.69, 9.17) is 23.6 Å². The van der Waals surface area contributed by atoms with Gasteiger partial charge in [-0.2, -0.15) is 9.78 Å². The zero-order valence-electron chi connectivity index (χ0n) is 21.7. The molecular weight excluding hydrogens is 630 g/mol. The molecule has 8 nitrogen and oxygen atoms in total. The van der Waals surface area contributed by atoms with Gasteiger partial charge in [0, 0.05) is 10.0 Å². The van der Waals surface area contributed by atoms with Gasteiger partial charge in [-0.1, -0.05) is 18.2 Å². The average molecular weight is 655 g/mol. The van der Waals surface area contributed by atoms with E-state index in [1.54, 1.807) is 37.6 Å². The summed E-state index contributed by atoms with van der Waals surface area (Å²) in [5.41, 5.74) is 1.48. The third kappa shape index (κ3) is 5.18. The van der Waals surface area contributed by atoms with Gasteiger partial charge in [-0.05, 0) is 89.0 Å². The third-order valence-electron chi connectivity index (χ3n) is 5.84. The molecule has 3 aromatic carbocycles. The number of rotatable bonds is 8. The first-order valence-electron chi connectivity index (χ1n) is 12.3. The average Bonchev–Trinajstić information content (AvgIpc) is 3.37. The van der Waals surface area contributed by atoms with E-state index < -0.39 is 0 Å². The van der Waals surface area contributed by atoms with Crippen molar-refractivity contribution in [2.24, 2.45) is 5.10 Å². The molecule has 5 rings (SSSR count). The number of aromatic nitrogens is 2. The molecule has 5 aromatic rings. The van der Waals surface area contributed by atoms with Gasteiger partial charge < -0.3 is 18.6 Å². The SMILES string of the molecule is CCOc1cc(C=Nn2c(-c3cc4c(OC)cccc4o3)nc3ccccc3c2=O)c(Br)c(Br)c1OC(C)C. The Kier molecular flexibility index (Phi) is 7.76. The third-order valence-corrected chi connectivity index (χ3v) is 7.98. The highest BCUT2D eigenvalue weighted by Crippen LogP contribution is 2.43. The van der Waals surface area contributed by atoms with Crippen molar-refractivity contribution >= 4 is 59.9 Å². The first-order valence-corrected chi connectivity index (χ1v) is 13.9. The number of nitrogens with zero attached hydrogens (tertiary/aromatic N) is 3. The van der Waals surface area contributed by atoms with E-state index in [-0.39, 0.29) is 17.5 Å². The van der Waals surface area contributed by atoms with Crippen LogP contribution in [-0.2, 0) is 0 Å². The lowest BCUT2D eigenvalue weighted by atomic mass is 10.2. The van der Waals surface area contributed by atoms with Gasteiger partial charge in [0.2, 0.25) is 5.82 Å². The Morgan fingerprint density at radius 2 is 1.85 bits per heavy atom. The molecule has 0 unspecified atom stereocenters. The summed E-state index contributed by atoms with van der Waals surface area (Å²) in [6.07, 6.45) is 1.51. The van der Waals surface area contributed by atoms with Crippen LogP contribution in [0.15, 0.2) is 77.9 Å². The summed E-state index contributed by atoms with van der Waals surface area (Å²) in [6.45, 7) is 6.24. The number of fused-ring (bicyclic) bond motifs is 2. The summed E-state index contributed by atoms with van der Waals surface area (Å²) >= 11 is 7.25. The second-order valence-corrected chi connectivity index (χ2v) is 10.4. The first kappa shape index (κ1) is 27.0. The number of methoxy groups -OCH3 is 1. The van der Waals surface area contributed by atoms with E-state index >= 15 is 0 Å². The molecule has 39 heavy (non-hydrogen) atoms. The zero-order valence-corrected chi connectivity index (χ0v) is 24.9. The van der Waals surface area contributed by atoms with Crippen LogP contribution in [0.1, 0.15) is 26.3 Å². The Labute approximate surface area is 241 Å².